The van der Waals surface area contributed by atoms with Crippen molar-refractivity contribution in [2.24, 2.45) is 5.73 Å². The molecule has 1 aliphatic heterocycles. The second-order valence-corrected chi connectivity index (χ2v) is 3.94. The molecule has 15 heavy (non-hydrogen) atoms. The van der Waals surface area contributed by atoms with Gasteiger partial charge < -0.3 is 14.9 Å². The Morgan fingerprint density at radius 1 is 1.47 bits per heavy atom. The minimum atomic E-state index is 0.133. The largest absolute Gasteiger partial charge is 0.446 e. The summed E-state index contributed by atoms with van der Waals surface area (Å²) in [6.07, 6.45) is 4.25. The number of hydrogen-bond acceptors (Lipinski definition) is 4. The number of nitrogens with zero attached hydrogens (tertiary/aromatic N) is 1. The van der Waals surface area contributed by atoms with Crippen LogP contribution in [0.4, 0.5) is 0 Å². The zero-order valence-electron chi connectivity index (χ0n) is 9.16. The summed E-state index contributed by atoms with van der Waals surface area (Å²) in [6.45, 7) is 3.36. The van der Waals surface area contributed by atoms with Crippen molar-refractivity contribution < 1.29 is 9.15 Å². The zero-order valence-corrected chi connectivity index (χ0v) is 9.16. The van der Waals surface area contributed by atoms with Gasteiger partial charge in [0.05, 0.1) is 0 Å². The lowest BCUT2D eigenvalue weighted by Gasteiger charge is -2.20. The summed E-state index contributed by atoms with van der Waals surface area (Å²) in [5.74, 6) is 1.62. The van der Waals surface area contributed by atoms with Crippen LogP contribution in [0.3, 0.4) is 0 Å². The van der Waals surface area contributed by atoms with Crippen LogP contribution in [0.25, 0.3) is 0 Å². The maximum absolute atomic E-state index is 5.68. The van der Waals surface area contributed by atoms with E-state index in [1.165, 1.54) is 6.42 Å². The van der Waals surface area contributed by atoms with Gasteiger partial charge in [0.2, 0.25) is 0 Å². The summed E-state index contributed by atoms with van der Waals surface area (Å²) >= 11 is 0. The molecule has 0 amide bonds. The molecule has 84 valence electrons. The molecular formula is C11H18N2O2. The van der Waals surface area contributed by atoms with Gasteiger partial charge in [-0.15, -0.1) is 0 Å². The third-order valence-electron chi connectivity index (χ3n) is 2.72. The van der Waals surface area contributed by atoms with Gasteiger partial charge in [0.25, 0.3) is 0 Å². The molecule has 1 saturated heterocycles. The third-order valence-corrected chi connectivity index (χ3v) is 2.72. The Labute approximate surface area is 89.8 Å². The summed E-state index contributed by atoms with van der Waals surface area (Å²) in [5, 5.41) is 0. The summed E-state index contributed by atoms with van der Waals surface area (Å²) in [6, 6.07) is 0. The molecule has 1 unspecified atom stereocenters. The van der Waals surface area contributed by atoms with Crippen LogP contribution in [-0.4, -0.2) is 18.1 Å². The fourth-order valence-electron chi connectivity index (χ4n) is 1.95. The van der Waals surface area contributed by atoms with Crippen LogP contribution in [0.5, 0.6) is 0 Å². The molecule has 4 nitrogen and oxygen atoms in total. The number of aromatic nitrogens is 1. The quantitative estimate of drug-likeness (QED) is 0.825. The van der Waals surface area contributed by atoms with E-state index in [1.807, 2.05) is 6.92 Å². The Hall–Kier alpha value is -0.870. The van der Waals surface area contributed by atoms with Crippen molar-refractivity contribution in [3.63, 3.8) is 0 Å². The molecule has 1 atom stereocenters. The number of rotatable bonds is 3. The summed E-state index contributed by atoms with van der Waals surface area (Å²) < 4.78 is 11.2. The smallest absolute Gasteiger partial charge is 0.195 e. The molecule has 1 fully saturated rings. The van der Waals surface area contributed by atoms with Gasteiger partial charge in [-0.1, -0.05) is 0 Å². The van der Waals surface area contributed by atoms with Crippen molar-refractivity contribution in [3.05, 3.63) is 17.3 Å². The van der Waals surface area contributed by atoms with Crippen molar-refractivity contribution in [1.82, 2.24) is 4.98 Å². The lowest BCUT2D eigenvalue weighted by molar-refractivity contribution is 0.0117. The first-order chi connectivity index (χ1) is 7.31. The van der Waals surface area contributed by atoms with Gasteiger partial charge >= 0.3 is 0 Å². The Morgan fingerprint density at radius 3 is 3.00 bits per heavy atom. The topological polar surface area (TPSA) is 61.3 Å². The van der Waals surface area contributed by atoms with E-state index in [0.29, 0.717) is 13.0 Å². The zero-order chi connectivity index (χ0) is 10.7. The maximum atomic E-state index is 5.68. The van der Waals surface area contributed by atoms with Gasteiger partial charge in [-0.25, -0.2) is 4.98 Å². The first-order valence-electron chi connectivity index (χ1n) is 5.59. The predicted molar refractivity (Wildman–Crippen MR) is 56.5 cm³/mol. The van der Waals surface area contributed by atoms with E-state index in [0.717, 1.165) is 36.8 Å². The van der Waals surface area contributed by atoms with E-state index in [-0.39, 0.29) is 6.10 Å². The maximum Gasteiger partial charge on any atom is 0.195 e. The van der Waals surface area contributed by atoms with Crippen molar-refractivity contribution in [3.8, 4) is 0 Å². The standard InChI is InChI=1S/C11H18N2O2/c1-8-11(9-4-2-3-7-14-9)13-10(15-8)5-6-12/h9H,2-7,12H2,1H3. The van der Waals surface area contributed by atoms with Gasteiger partial charge in [0.15, 0.2) is 5.89 Å². The van der Waals surface area contributed by atoms with E-state index in [1.54, 1.807) is 0 Å². The van der Waals surface area contributed by atoms with Crippen LogP contribution in [0.15, 0.2) is 4.42 Å². The second-order valence-electron chi connectivity index (χ2n) is 3.94. The normalized spacial score (nSPS) is 21.9. The number of oxazole rings is 1. The number of hydrogen-bond donors (Lipinski definition) is 1. The first kappa shape index (κ1) is 10.6. The Bertz CT molecular complexity index is 316. The number of ether oxygens (including phenoxy) is 1. The molecule has 4 heteroatoms. The van der Waals surface area contributed by atoms with E-state index in [2.05, 4.69) is 4.98 Å². The second kappa shape index (κ2) is 4.77. The highest BCUT2D eigenvalue weighted by atomic mass is 16.5. The summed E-state index contributed by atoms with van der Waals surface area (Å²) in [7, 11) is 0. The fourth-order valence-corrected chi connectivity index (χ4v) is 1.95. The third kappa shape index (κ3) is 2.38. The van der Waals surface area contributed by atoms with Crippen LogP contribution in [0, 0.1) is 6.92 Å². The molecule has 2 heterocycles. The van der Waals surface area contributed by atoms with Crippen LogP contribution in [0.1, 0.15) is 42.7 Å². The van der Waals surface area contributed by atoms with Crippen LogP contribution in [0.2, 0.25) is 0 Å². The molecule has 1 aromatic heterocycles. The van der Waals surface area contributed by atoms with Crippen molar-refractivity contribution in [2.75, 3.05) is 13.2 Å². The molecule has 1 aromatic rings. The van der Waals surface area contributed by atoms with E-state index >= 15 is 0 Å². The summed E-state index contributed by atoms with van der Waals surface area (Å²) in [4.78, 5) is 4.45. The molecule has 0 aromatic carbocycles. The molecule has 0 aliphatic carbocycles. The van der Waals surface area contributed by atoms with Gasteiger partial charge in [0.1, 0.15) is 17.6 Å². The average molecular weight is 210 g/mol. The minimum Gasteiger partial charge on any atom is -0.446 e. The minimum absolute atomic E-state index is 0.133. The molecule has 0 bridgehead atoms. The van der Waals surface area contributed by atoms with Crippen molar-refractivity contribution >= 4 is 0 Å². The Kier molecular flexibility index (Phi) is 3.38. The highest BCUT2D eigenvalue weighted by Crippen LogP contribution is 2.29. The predicted octanol–water partition coefficient (Wildman–Crippen LogP) is 1.73. The number of aryl methyl sites for hydroxylation is 1. The van der Waals surface area contributed by atoms with Gasteiger partial charge in [-0.3, -0.25) is 0 Å². The highest BCUT2D eigenvalue weighted by molar-refractivity contribution is 5.12. The Morgan fingerprint density at radius 2 is 2.33 bits per heavy atom. The van der Waals surface area contributed by atoms with Crippen molar-refractivity contribution in [1.29, 1.82) is 0 Å². The molecule has 1 aliphatic rings. The fraction of sp³-hybridized carbons (Fsp3) is 0.727. The lowest BCUT2D eigenvalue weighted by Crippen LogP contribution is -2.13. The Balaban J connectivity index is 2.11. The van der Waals surface area contributed by atoms with Crippen LogP contribution in [-0.2, 0) is 11.2 Å². The SMILES string of the molecule is Cc1oc(CCN)nc1C1CCCCO1. The molecule has 0 saturated carbocycles. The van der Waals surface area contributed by atoms with Gasteiger partial charge in [-0.05, 0) is 26.2 Å². The van der Waals surface area contributed by atoms with Crippen molar-refractivity contribution in [2.45, 2.75) is 38.7 Å². The van der Waals surface area contributed by atoms with Crippen LogP contribution < -0.4 is 5.73 Å². The van der Waals surface area contributed by atoms with E-state index in [9.17, 15) is 0 Å². The molecule has 0 radical (unpaired) electrons. The molecule has 2 rings (SSSR count). The highest BCUT2D eigenvalue weighted by Gasteiger charge is 2.22. The summed E-state index contributed by atoms with van der Waals surface area (Å²) in [5.41, 5.74) is 6.44. The molecule has 2 N–H and O–H groups in total. The van der Waals surface area contributed by atoms with Gasteiger partial charge in [0, 0.05) is 19.6 Å². The van der Waals surface area contributed by atoms with E-state index in [4.69, 9.17) is 14.9 Å². The average Bonchev–Trinajstić information content (AvgIpc) is 2.61. The molecule has 0 spiro atoms. The lowest BCUT2D eigenvalue weighted by atomic mass is 10.1. The van der Waals surface area contributed by atoms with Crippen LogP contribution >= 0.6 is 0 Å². The molecular weight excluding hydrogens is 192 g/mol. The first-order valence-corrected chi connectivity index (χ1v) is 5.59. The number of nitrogens with two attached hydrogens (primary N) is 1. The monoisotopic (exact) mass is 210 g/mol. The van der Waals surface area contributed by atoms with Gasteiger partial charge in [-0.2, -0.15) is 0 Å². The van der Waals surface area contributed by atoms with E-state index < -0.39 is 0 Å².